The molecule has 2 rings (SSSR count). The molecule has 98 valence electrons. The number of hydrogen-bond acceptors (Lipinski definition) is 3. The van der Waals surface area contributed by atoms with Gasteiger partial charge in [-0.25, -0.2) is 4.98 Å². The van der Waals surface area contributed by atoms with Gasteiger partial charge in [0.05, 0.1) is 6.10 Å². The number of aromatic nitrogens is 1. The molecular formula is C13H17ClN2O2. The lowest BCUT2D eigenvalue weighted by Gasteiger charge is -2.34. The van der Waals surface area contributed by atoms with Crippen LogP contribution in [0.1, 0.15) is 28.9 Å². The maximum absolute atomic E-state index is 12.2. The predicted molar refractivity (Wildman–Crippen MR) is 69.7 cm³/mol. The molecule has 1 heterocycles. The summed E-state index contributed by atoms with van der Waals surface area (Å²) in [6.07, 6.45) is 1.39. The Morgan fingerprint density at radius 3 is 2.78 bits per heavy atom. The van der Waals surface area contributed by atoms with E-state index in [4.69, 9.17) is 11.6 Å². The Hall–Kier alpha value is -1.13. The molecule has 0 unspecified atom stereocenters. The molecule has 5 heteroatoms. The number of carbonyl (C=O) groups excluding carboxylic acids is 1. The van der Waals surface area contributed by atoms with Crippen molar-refractivity contribution in [2.75, 3.05) is 13.6 Å². The van der Waals surface area contributed by atoms with Crippen molar-refractivity contribution in [3.63, 3.8) is 0 Å². The molecule has 0 radical (unpaired) electrons. The topological polar surface area (TPSA) is 53.4 Å². The van der Waals surface area contributed by atoms with Gasteiger partial charge in [0, 0.05) is 24.8 Å². The predicted octanol–water partition coefficient (Wildman–Crippen LogP) is 1.89. The van der Waals surface area contributed by atoms with E-state index in [1.165, 1.54) is 0 Å². The van der Waals surface area contributed by atoms with Gasteiger partial charge in [0.2, 0.25) is 0 Å². The van der Waals surface area contributed by atoms with Crippen molar-refractivity contribution in [3.8, 4) is 0 Å². The average molecular weight is 269 g/mol. The first kappa shape index (κ1) is 13.3. The van der Waals surface area contributed by atoms with E-state index in [1.807, 2.05) is 6.92 Å². The van der Waals surface area contributed by atoms with E-state index in [1.54, 1.807) is 24.1 Å². The zero-order valence-electron chi connectivity index (χ0n) is 10.6. The Bertz CT molecular complexity index is 438. The highest BCUT2D eigenvalue weighted by molar-refractivity contribution is 6.29. The van der Waals surface area contributed by atoms with Crippen molar-refractivity contribution in [3.05, 3.63) is 28.5 Å². The highest BCUT2D eigenvalue weighted by atomic mass is 35.5. The highest BCUT2D eigenvalue weighted by Crippen LogP contribution is 2.28. The van der Waals surface area contributed by atoms with Crippen LogP contribution in [-0.4, -0.2) is 40.6 Å². The summed E-state index contributed by atoms with van der Waals surface area (Å²) >= 11 is 5.85. The SMILES string of the molecule is Cc1cc(C(=O)N(C)CC2CC(O)C2)cc(Cl)n1. The monoisotopic (exact) mass is 268 g/mol. The molecule has 0 atom stereocenters. The second-order valence-electron chi connectivity index (χ2n) is 5.00. The third-order valence-corrected chi connectivity index (χ3v) is 3.45. The Balaban J connectivity index is 2.01. The maximum atomic E-state index is 12.2. The third kappa shape index (κ3) is 3.00. The van der Waals surface area contributed by atoms with Crippen LogP contribution in [0.15, 0.2) is 12.1 Å². The zero-order valence-corrected chi connectivity index (χ0v) is 11.3. The van der Waals surface area contributed by atoms with Crippen molar-refractivity contribution in [2.45, 2.75) is 25.9 Å². The number of halogens is 1. The van der Waals surface area contributed by atoms with Gasteiger partial charge in [0.25, 0.3) is 5.91 Å². The first-order valence-electron chi connectivity index (χ1n) is 6.03. The molecule has 4 nitrogen and oxygen atoms in total. The highest BCUT2D eigenvalue weighted by Gasteiger charge is 2.29. The quantitative estimate of drug-likeness (QED) is 0.852. The minimum Gasteiger partial charge on any atom is -0.393 e. The molecule has 1 aromatic heterocycles. The van der Waals surface area contributed by atoms with Crippen LogP contribution < -0.4 is 0 Å². The van der Waals surface area contributed by atoms with Gasteiger partial charge in [-0.1, -0.05) is 11.6 Å². The summed E-state index contributed by atoms with van der Waals surface area (Å²) in [5.74, 6) is 0.358. The van der Waals surface area contributed by atoms with Crippen molar-refractivity contribution in [1.82, 2.24) is 9.88 Å². The molecule has 1 saturated carbocycles. The standard InChI is InChI=1S/C13H17ClN2O2/c1-8-3-10(6-12(14)15-8)13(18)16(2)7-9-4-11(17)5-9/h3,6,9,11,17H,4-5,7H2,1-2H3. The van der Waals surface area contributed by atoms with Gasteiger partial charge in [-0.05, 0) is 37.8 Å². The molecule has 0 aliphatic heterocycles. The van der Waals surface area contributed by atoms with Gasteiger partial charge in [0.15, 0.2) is 0 Å². The number of nitrogens with zero attached hydrogens (tertiary/aromatic N) is 2. The summed E-state index contributed by atoms with van der Waals surface area (Å²) in [7, 11) is 1.77. The van der Waals surface area contributed by atoms with E-state index in [2.05, 4.69) is 4.98 Å². The van der Waals surface area contributed by atoms with Gasteiger partial charge in [0.1, 0.15) is 5.15 Å². The number of amides is 1. The van der Waals surface area contributed by atoms with Gasteiger partial charge in [-0.2, -0.15) is 0 Å². The Morgan fingerprint density at radius 1 is 1.56 bits per heavy atom. The lowest BCUT2D eigenvalue weighted by Crippen LogP contribution is -2.39. The molecule has 18 heavy (non-hydrogen) atoms. The molecule has 1 fully saturated rings. The molecule has 1 aromatic rings. The van der Waals surface area contributed by atoms with Gasteiger partial charge >= 0.3 is 0 Å². The number of aryl methyl sites for hydroxylation is 1. The molecule has 1 aliphatic rings. The molecule has 1 N–H and O–H groups in total. The minimum absolute atomic E-state index is 0.0520. The van der Waals surface area contributed by atoms with Crippen molar-refractivity contribution >= 4 is 17.5 Å². The summed E-state index contributed by atoms with van der Waals surface area (Å²) in [6.45, 7) is 2.49. The fraction of sp³-hybridized carbons (Fsp3) is 0.538. The van der Waals surface area contributed by atoms with E-state index in [-0.39, 0.29) is 12.0 Å². The lowest BCUT2D eigenvalue weighted by molar-refractivity contribution is 0.0265. The molecular weight excluding hydrogens is 252 g/mol. The number of carbonyl (C=O) groups is 1. The number of pyridine rings is 1. The number of aliphatic hydroxyl groups is 1. The Morgan fingerprint density at radius 2 is 2.22 bits per heavy atom. The van der Waals surface area contributed by atoms with Crippen molar-refractivity contribution in [2.24, 2.45) is 5.92 Å². The van der Waals surface area contributed by atoms with E-state index >= 15 is 0 Å². The van der Waals surface area contributed by atoms with Crippen LogP contribution in [0.3, 0.4) is 0 Å². The van der Waals surface area contributed by atoms with Gasteiger partial charge in [-0.15, -0.1) is 0 Å². The molecule has 0 bridgehead atoms. The second-order valence-corrected chi connectivity index (χ2v) is 5.38. The van der Waals surface area contributed by atoms with Gasteiger partial charge in [-0.3, -0.25) is 4.79 Å². The molecule has 1 aliphatic carbocycles. The largest absolute Gasteiger partial charge is 0.393 e. The van der Waals surface area contributed by atoms with Crippen molar-refractivity contribution < 1.29 is 9.90 Å². The summed E-state index contributed by atoms with van der Waals surface area (Å²) in [6, 6.07) is 3.32. The van der Waals surface area contributed by atoms with E-state index in [0.717, 1.165) is 18.5 Å². The second kappa shape index (κ2) is 5.24. The maximum Gasteiger partial charge on any atom is 0.253 e. The summed E-state index contributed by atoms with van der Waals surface area (Å²) in [5.41, 5.74) is 1.30. The Labute approximate surface area is 112 Å². The average Bonchev–Trinajstić information content (AvgIpc) is 2.24. The number of hydrogen-bond donors (Lipinski definition) is 1. The first-order valence-corrected chi connectivity index (χ1v) is 6.41. The van der Waals surface area contributed by atoms with Gasteiger partial charge < -0.3 is 10.0 Å². The third-order valence-electron chi connectivity index (χ3n) is 3.26. The fourth-order valence-corrected chi connectivity index (χ4v) is 2.54. The lowest BCUT2D eigenvalue weighted by atomic mass is 9.82. The van der Waals surface area contributed by atoms with Crippen LogP contribution in [0.25, 0.3) is 0 Å². The van der Waals surface area contributed by atoms with Crippen molar-refractivity contribution in [1.29, 1.82) is 0 Å². The fourth-order valence-electron chi connectivity index (χ4n) is 2.29. The Kier molecular flexibility index (Phi) is 3.88. The first-order chi connectivity index (χ1) is 8.45. The minimum atomic E-state index is -0.184. The molecule has 0 aromatic carbocycles. The summed E-state index contributed by atoms with van der Waals surface area (Å²) < 4.78 is 0. The number of rotatable bonds is 3. The van der Waals surface area contributed by atoms with E-state index in [0.29, 0.717) is 23.2 Å². The summed E-state index contributed by atoms with van der Waals surface area (Å²) in [5, 5.41) is 9.57. The molecule has 0 saturated heterocycles. The zero-order chi connectivity index (χ0) is 13.3. The molecule has 1 amide bonds. The van der Waals surface area contributed by atoms with E-state index in [9.17, 15) is 9.90 Å². The van der Waals surface area contributed by atoms with Crippen LogP contribution >= 0.6 is 11.6 Å². The van der Waals surface area contributed by atoms with Crippen LogP contribution in [0, 0.1) is 12.8 Å². The van der Waals surface area contributed by atoms with Crippen LogP contribution in [-0.2, 0) is 0 Å². The smallest absolute Gasteiger partial charge is 0.253 e. The van der Waals surface area contributed by atoms with E-state index < -0.39 is 0 Å². The molecule has 0 spiro atoms. The van der Waals surface area contributed by atoms with Crippen LogP contribution in [0.5, 0.6) is 0 Å². The normalized spacial score (nSPS) is 22.4. The van der Waals surface area contributed by atoms with Crippen LogP contribution in [0.2, 0.25) is 5.15 Å². The van der Waals surface area contributed by atoms with Crippen LogP contribution in [0.4, 0.5) is 0 Å². The number of aliphatic hydroxyl groups excluding tert-OH is 1. The summed E-state index contributed by atoms with van der Waals surface area (Å²) in [4.78, 5) is 17.9.